The highest BCUT2D eigenvalue weighted by atomic mass is 16.5. The monoisotopic (exact) mass is 453 g/mol. The number of anilines is 1. The van der Waals surface area contributed by atoms with E-state index in [1.807, 2.05) is 58.9 Å². The minimum atomic E-state index is -0.682. The molecule has 0 spiro atoms. The first-order valence-corrected chi connectivity index (χ1v) is 11.4. The van der Waals surface area contributed by atoms with Crippen LogP contribution >= 0.6 is 0 Å². The van der Waals surface area contributed by atoms with Gasteiger partial charge in [0.2, 0.25) is 11.8 Å². The van der Waals surface area contributed by atoms with Crippen LogP contribution in [0, 0.1) is 11.8 Å². The molecule has 2 rings (SSSR count). The summed E-state index contributed by atoms with van der Waals surface area (Å²) in [6.45, 7) is 10.5. The maximum absolute atomic E-state index is 12.8. The van der Waals surface area contributed by atoms with Crippen molar-refractivity contribution in [1.82, 2.24) is 10.6 Å². The van der Waals surface area contributed by atoms with Gasteiger partial charge in [-0.25, -0.2) is 0 Å². The van der Waals surface area contributed by atoms with Crippen molar-refractivity contribution in [3.8, 4) is 5.75 Å². The van der Waals surface area contributed by atoms with E-state index >= 15 is 0 Å². The average molecular weight is 454 g/mol. The first-order valence-electron chi connectivity index (χ1n) is 11.4. The summed E-state index contributed by atoms with van der Waals surface area (Å²) in [5.74, 6) is 0.245. The summed E-state index contributed by atoms with van der Waals surface area (Å²) in [6.07, 6.45) is 0.449. The van der Waals surface area contributed by atoms with Gasteiger partial charge in [0.15, 0.2) is 0 Å². The predicted octanol–water partition coefficient (Wildman–Crippen LogP) is 4.14. The molecule has 0 fully saturated rings. The standard InChI is InChI=1S/C26H35N3O4/c1-6-33-22-12-10-20(11-13-22)25(31)29-24(18(4)5)26(32)27-16-19-8-7-9-21(15-19)28-23(30)14-17(2)3/h7-13,15,17-18,24H,6,14,16H2,1-5H3,(H,27,32)(H,28,30)(H,29,31). The zero-order chi connectivity index (χ0) is 24.4. The molecule has 0 heterocycles. The lowest BCUT2D eigenvalue weighted by atomic mass is 10.0. The lowest BCUT2D eigenvalue weighted by Gasteiger charge is -2.22. The van der Waals surface area contributed by atoms with Gasteiger partial charge in [0.25, 0.3) is 5.91 Å². The number of amides is 3. The summed E-state index contributed by atoms with van der Waals surface area (Å²) in [6, 6.07) is 13.5. The second kappa shape index (κ2) is 12.6. The summed E-state index contributed by atoms with van der Waals surface area (Å²) in [4.78, 5) is 37.5. The molecule has 3 amide bonds. The van der Waals surface area contributed by atoms with Crippen LogP contribution < -0.4 is 20.7 Å². The van der Waals surface area contributed by atoms with Gasteiger partial charge in [0.05, 0.1) is 6.61 Å². The number of carbonyl (C=O) groups excluding carboxylic acids is 3. The quantitative estimate of drug-likeness (QED) is 0.476. The molecule has 7 heteroatoms. The summed E-state index contributed by atoms with van der Waals surface area (Å²) in [5, 5.41) is 8.60. The number of nitrogens with one attached hydrogen (secondary N) is 3. The Morgan fingerprint density at radius 3 is 2.27 bits per heavy atom. The average Bonchev–Trinajstić information content (AvgIpc) is 2.76. The van der Waals surface area contributed by atoms with Crippen LogP contribution in [-0.2, 0) is 16.1 Å². The fraction of sp³-hybridized carbons (Fsp3) is 0.423. The van der Waals surface area contributed by atoms with Gasteiger partial charge in [0, 0.05) is 24.2 Å². The van der Waals surface area contributed by atoms with Gasteiger partial charge in [-0.15, -0.1) is 0 Å². The summed E-state index contributed by atoms with van der Waals surface area (Å²) < 4.78 is 5.40. The number of carbonyl (C=O) groups is 3. The zero-order valence-electron chi connectivity index (χ0n) is 20.1. The van der Waals surface area contributed by atoms with E-state index in [0.29, 0.717) is 30.0 Å². The van der Waals surface area contributed by atoms with Gasteiger partial charge in [-0.1, -0.05) is 39.8 Å². The molecule has 0 bridgehead atoms. The molecule has 0 aromatic heterocycles. The fourth-order valence-electron chi connectivity index (χ4n) is 3.27. The molecular formula is C26H35N3O4. The molecule has 1 unspecified atom stereocenters. The van der Waals surface area contributed by atoms with Crippen LogP contribution in [-0.4, -0.2) is 30.4 Å². The maximum atomic E-state index is 12.8. The smallest absolute Gasteiger partial charge is 0.251 e. The molecule has 0 aliphatic carbocycles. The number of rotatable bonds is 11. The molecule has 3 N–H and O–H groups in total. The van der Waals surface area contributed by atoms with Crippen LogP contribution in [0.3, 0.4) is 0 Å². The lowest BCUT2D eigenvalue weighted by molar-refractivity contribution is -0.124. The van der Waals surface area contributed by atoms with Crippen molar-refractivity contribution in [3.05, 3.63) is 59.7 Å². The third-order valence-electron chi connectivity index (χ3n) is 4.93. The molecule has 0 saturated carbocycles. The molecule has 1 atom stereocenters. The van der Waals surface area contributed by atoms with Crippen molar-refractivity contribution in [2.24, 2.45) is 11.8 Å². The van der Waals surface area contributed by atoms with Crippen molar-refractivity contribution >= 4 is 23.4 Å². The van der Waals surface area contributed by atoms with E-state index in [4.69, 9.17) is 4.74 Å². The van der Waals surface area contributed by atoms with Crippen molar-refractivity contribution in [1.29, 1.82) is 0 Å². The Morgan fingerprint density at radius 2 is 1.67 bits per heavy atom. The van der Waals surface area contributed by atoms with E-state index in [0.717, 1.165) is 5.56 Å². The third-order valence-corrected chi connectivity index (χ3v) is 4.93. The summed E-state index contributed by atoms with van der Waals surface area (Å²) in [7, 11) is 0. The van der Waals surface area contributed by atoms with E-state index in [-0.39, 0.29) is 36.1 Å². The molecule has 0 saturated heterocycles. The van der Waals surface area contributed by atoms with E-state index in [9.17, 15) is 14.4 Å². The van der Waals surface area contributed by atoms with Crippen molar-refractivity contribution in [2.45, 2.75) is 53.6 Å². The van der Waals surface area contributed by atoms with Crippen LogP contribution in [0.5, 0.6) is 5.75 Å². The largest absolute Gasteiger partial charge is 0.494 e. The van der Waals surface area contributed by atoms with Crippen LogP contribution in [0.1, 0.15) is 57.0 Å². The van der Waals surface area contributed by atoms with Gasteiger partial charge < -0.3 is 20.7 Å². The Bertz CT molecular complexity index is 939. The normalized spacial score (nSPS) is 11.7. The Hall–Kier alpha value is -3.35. The highest BCUT2D eigenvalue weighted by Gasteiger charge is 2.24. The van der Waals surface area contributed by atoms with Crippen molar-refractivity contribution in [3.63, 3.8) is 0 Å². The molecule has 0 aliphatic heterocycles. The molecule has 0 radical (unpaired) electrons. The molecule has 178 valence electrons. The Labute approximate surface area is 196 Å². The van der Waals surface area contributed by atoms with Gasteiger partial charge in [-0.05, 0) is 60.7 Å². The highest BCUT2D eigenvalue weighted by Crippen LogP contribution is 2.14. The van der Waals surface area contributed by atoms with Gasteiger partial charge in [0.1, 0.15) is 11.8 Å². The number of hydrogen-bond acceptors (Lipinski definition) is 4. The summed E-state index contributed by atoms with van der Waals surface area (Å²) >= 11 is 0. The van der Waals surface area contributed by atoms with E-state index in [1.165, 1.54) is 0 Å². The number of benzene rings is 2. The van der Waals surface area contributed by atoms with E-state index in [1.54, 1.807) is 24.3 Å². The Balaban J connectivity index is 1.96. The van der Waals surface area contributed by atoms with Gasteiger partial charge in [-0.3, -0.25) is 14.4 Å². The van der Waals surface area contributed by atoms with Crippen LogP contribution in [0.2, 0.25) is 0 Å². The van der Waals surface area contributed by atoms with Crippen LogP contribution in [0.4, 0.5) is 5.69 Å². The molecule has 2 aromatic rings. The SMILES string of the molecule is CCOc1ccc(C(=O)NC(C(=O)NCc2cccc(NC(=O)CC(C)C)c2)C(C)C)cc1. The number of ether oxygens (including phenoxy) is 1. The van der Waals surface area contributed by atoms with Gasteiger partial charge >= 0.3 is 0 Å². The minimum Gasteiger partial charge on any atom is -0.494 e. The van der Waals surface area contributed by atoms with Crippen LogP contribution in [0.25, 0.3) is 0 Å². The highest BCUT2D eigenvalue weighted by molar-refractivity contribution is 5.97. The lowest BCUT2D eigenvalue weighted by Crippen LogP contribution is -2.49. The molecular weight excluding hydrogens is 418 g/mol. The predicted molar refractivity (Wildman–Crippen MR) is 130 cm³/mol. The van der Waals surface area contributed by atoms with Crippen LogP contribution in [0.15, 0.2) is 48.5 Å². The first-order chi connectivity index (χ1) is 15.7. The van der Waals surface area contributed by atoms with E-state index in [2.05, 4.69) is 16.0 Å². The minimum absolute atomic E-state index is 0.0388. The van der Waals surface area contributed by atoms with Crippen molar-refractivity contribution in [2.75, 3.05) is 11.9 Å². The maximum Gasteiger partial charge on any atom is 0.251 e. The second-order valence-corrected chi connectivity index (χ2v) is 8.72. The van der Waals surface area contributed by atoms with Gasteiger partial charge in [-0.2, -0.15) is 0 Å². The number of hydrogen-bond donors (Lipinski definition) is 3. The molecule has 33 heavy (non-hydrogen) atoms. The topological polar surface area (TPSA) is 96.5 Å². The van der Waals surface area contributed by atoms with Crippen molar-refractivity contribution < 1.29 is 19.1 Å². The fourth-order valence-corrected chi connectivity index (χ4v) is 3.27. The third kappa shape index (κ3) is 8.60. The summed E-state index contributed by atoms with van der Waals surface area (Å²) in [5.41, 5.74) is 2.00. The second-order valence-electron chi connectivity index (χ2n) is 8.72. The Morgan fingerprint density at radius 1 is 0.970 bits per heavy atom. The first kappa shape index (κ1) is 25.9. The van der Waals surface area contributed by atoms with E-state index < -0.39 is 6.04 Å². The molecule has 7 nitrogen and oxygen atoms in total. The molecule has 0 aliphatic rings. The molecule has 2 aromatic carbocycles. The zero-order valence-corrected chi connectivity index (χ0v) is 20.1. The Kier molecular flexibility index (Phi) is 9.91.